The number of ketones is 1. The first kappa shape index (κ1) is 11.5. The molecule has 0 aromatic heterocycles. The lowest BCUT2D eigenvalue weighted by molar-refractivity contribution is 0.0986. The first-order valence-electron chi connectivity index (χ1n) is 4.11. The van der Waals surface area contributed by atoms with Crippen molar-refractivity contribution in [3.05, 3.63) is 28.2 Å². The number of halogens is 2. The summed E-state index contributed by atoms with van der Waals surface area (Å²) in [5.41, 5.74) is 0.580. The fraction of sp³-hybridized carbons (Fsp3) is 0.300. The minimum Gasteiger partial charge on any atom is -0.496 e. The second-order valence-electron chi connectivity index (χ2n) is 2.71. The number of benzene rings is 1. The second-order valence-corrected chi connectivity index (χ2v) is 4.00. The van der Waals surface area contributed by atoms with Gasteiger partial charge < -0.3 is 4.74 Å². The van der Waals surface area contributed by atoms with Crippen LogP contribution in [0.4, 0.5) is 0 Å². The number of Topliss-reactive ketones (excluding diaryl/α,β-unsaturated/α-hetero) is 1. The zero-order chi connectivity index (χ0) is 10.6. The summed E-state index contributed by atoms with van der Waals surface area (Å²) in [6, 6.07) is 5.31. The van der Waals surface area contributed by atoms with Gasteiger partial charge in [0.25, 0.3) is 0 Å². The molecule has 0 atom stereocenters. The highest BCUT2D eigenvalue weighted by molar-refractivity contribution is 9.10. The summed E-state index contributed by atoms with van der Waals surface area (Å²) >= 11 is 8.81. The second kappa shape index (κ2) is 5.37. The van der Waals surface area contributed by atoms with Crippen LogP contribution in [0.15, 0.2) is 22.7 Å². The highest BCUT2D eigenvalue weighted by Crippen LogP contribution is 2.24. The molecule has 0 heterocycles. The van der Waals surface area contributed by atoms with Crippen LogP contribution in [0.3, 0.4) is 0 Å². The molecule has 0 saturated heterocycles. The van der Waals surface area contributed by atoms with Gasteiger partial charge in [0.1, 0.15) is 5.75 Å². The first-order chi connectivity index (χ1) is 6.69. The van der Waals surface area contributed by atoms with E-state index in [4.69, 9.17) is 16.3 Å². The van der Waals surface area contributed by atoms with E-state index in [1.54, 1.807) is 19.2 Å². The fourth-order valence-electron chi connectivity index (χ4n) is 1.12. The highest BCUT2D eigenvalue weighted by Gasteiger charge is 2.11. The van der Waals surface area contributed by atoms with Gasteiger partial charge in [-0.25, -0.2) is 0 Å². The Morgan fingerprint density at radius 2 is 2.29 bits per heavy atom. The van der Waals surface area contributed by atoms with Gasteiger partial charge in [-0.2, -0.15) is 0 Å². The molecule has 0 bridgehead atoms. The van der Waals surface area contributed by atoms with Gasteiger partial charge in [-0.3, -0.25) is 4.79 Å². The van der Waals surface area contributed by atoms with E-state index in [0.717, 1.165) is 4.47 Å². The molecule has 0 radical (unpaired) electrons. The van der Waals surface area contributed by atoms with Crippen molar-refractivity contribution in [2.24, 2.45) is 0 Å². The fourth-order valence-corrected chi connectivity index (χ4v) is 1.63. The number of carbonyl (C=O) groups is 1. The predicted octanol–water partition coefficient (Wildman–Crippen LogP) is 3.27. The van der Waals surface area contributed by atoms with Gasteiger partial charge in [0, 0.05) is 16.8 Å². The lowest BCUT2D eigenvalue weighted by Gasteiger charge is -2.06. The average Bonchev–Trinajstić information content (AvgIpc) is 2.17. The van der Waals surface area contributed by atoms with Gasteiger partial charge in [0.15, 0.2) is 5.78 Å². The standard InChI is InChI=1S/C10H10BrClO2/c1-14-10-6-7(11)2-3-8(10)9(13)4-5-12/h2-3,6H,4-5H2,1H3. The first-order valence-corrected chi connectivity index (χ1v) is 5.44. The van der Waals surface area contributed by atoms with E-state index in [2.05, 4.69) is 15.9 Å². The third-order valence-corrected chi connectivity index (χ3v) is 2.47. The number of hydrogen-bond donors (Lipinski definition) is 0. The van der Waals surface area contributed by atoms with E-state index < -0.39 is 0 Å². The van der Waals surface area contributed by atoms with Crippen LogP contribution in [-0.4, -0.2) is 18.8 Å². The minimum absolute atomic E-state index is 0.00403. The molecule has 0 N–H and O–H groups in total. The van der Waals surface area contributed by atoms with Crippen LogP contribution >= 0.6 is 27.5 Å². The van der Waals surface area contributed by atoms with Gasteiger partial charge in [-0.15, -0.1) is 11.6 Å². The van der Waals surface area contributed by atoms with Crippen LogP contribution in [0.5, 0.6) is 5.75 Å². The smallest absolute Gasteiger partial charge is 0.167 e. The molecule has 0 aliphatic carbocycles. The Labute approximate surface area is 96.3 Å². The molecule has 0 aliphatic rings. The molecule has 1 rings (SSSR count). The number of hydrogen-bond acceptors (Lipinski definition) is 2. The lowest BCUT2D eigenvalue weighted by Crippen LogP contribution is -2.02. The molecule has 0 fully saturated rings. The normalized spacial score (nSPS) is 9.93. The van der Waals surface area contributed by atoms with Crippen molar-refractivity contribution in [3.63, 3.8) is 0 Å². The number of ether oxygens (including phenoxy) is 1. The molecular weight excluding hydrogens is 267 g/mol. The third kappa shape index (κ3) is 2.72. The molecule has 1 aromatic carbocycles. The van der Waals surface area contributed by atoms with E-state index in [1.807, 2.05) is 6.07 Å². The summed E-state index contributed by atoms with van der Waals surface area (Å²) in [5.74, 6) is 0.914. The van der Waals surface area contributed by atoms with Crippen LogP contribution in [-0.2, 0) is 0 Å². The number of rotatable bonds is 4. The summed E-state index contributed by atoms with van der Waals surface area (Å²) in [6.07, 6.45) is 0.333. The van der Waals surface area contributed by atoms with Gasteiger partial charge in [0.05, 0.1) is 12.7 Å². The van der Waals surface area contributed by atoms with Crippen molar-refractivity contribution in [3.8, 4) is 5.75 Å². The zero-order valence-electron chi connectivity index (χ0n) is 7.72. The summed E-state index contributed by atoms with van der Waals surface area (Å²) < 4.78 is 5.99. The van der Waals surface area contributed by atoms with Crippen molar-refractivity contribution < 1.29 is 9.53 Å². The topological polar surface area (TPSA) is 26.3 Å². The minimum atomic E-state index is 0.00403. The molecule has 0 aliphatic heterocycles. The maximum absolute atomic E-state index is 11.6. The Balaban J connectivity index is 3.01. The van der Waals surface area contributed by atoms with E-state index in [-0.39, 0.29) is 5.78 Å². The van der Waals surface area contributed by atoms with Crippen LogP contribution in [0.1, 0.15) is 16.8 Å². The largest absolute Gasteiger partial charge is 0.496 e. The summed E-state index contributed by atoms with van der Waals surface area (Å²) in [4.78, 5) is 11.6. The van der Waals surface area contributed by atoms with Crippen molar-refractivity contribution in [2.75, 3.05) is 13.0 Å². The Kier molecular flexibility index (Phi) is 4.42. The van der Waals surface area contributed by atoms with Crippen LogP contribution in [0.25, 0.3) is 0 Å². The maximum atomic E-state index is 11.6. The SMILES string of the molecule is COc1cc(Br)ccc1C(=O)CCCl. The molecule has 0 unspecified atom stereocenters. The summed E-state index contributed by atoms with van der Waals surface area (Å²) in [5, 5.41) is 0. The van der Waals surface area contributed by atoms with Crippen molar-refractivity contribution in [2.45, 2.75) is 6.42 Å². The van der Waals surface area contributed by atoms with E-state index in [1.165, 1.54) is 0 Å². The van der Waals surface area contributed by atoms with E-state index in [9.17, 15) is 4.79 Å². The third-order valence-electron chi connectivity index (χ3n) is 1.79. The van der Waals surface area contributed by atoms with Gasteiger partial charge in [-0.05, 0) is 18.2 Å². The summed E-state index contributed by atoms with van der Waals surface area (Å²) in [7, 11) is 1.54. The Hall–Kier alpha value is -0.540. The van der Waals surface area contributed by atoms with Crippen LogP contribution in [0, 0.1) is 0 Å². The van der Waals surface area contributed by atoms with Gasteiger partial charge >= 0.3 is 0 Å². The molecule has 76 valence electrons. The Morgan fingerprint density at radius 3 is 2.86 bits per heavy atom. The summed E-state index contributed by atoms with van der Waals surface area (Å²) in [6.45, 7) is 0. The zero-order valence-corrected chi connectivity index (χ0v) is 10.1. The number of carbonyl (C=O) groups excluding carboxylic acids is 1. The Morgan fingerprint density at radius 1 is 1.57 bits per heavy atom. The van der Waals surface area contributed by atoms with Crippen molar-refractivity contribution in [1.29, 1.82) is 0 Å². The molecule has 0 amide bonds. The molecule has 2 nitrogen and oxygen atoms in total. The average molecular weight is 278 g/mol. The van der Waals surface area contributed by atoms with E-state index >= 15 is 0 Å². The van der Waals surface area contributed by atoms with E-state index in [0.29, 0.717) is 23.6 Å². The molecule has 4 heteroatoms. The van der Waals surface area contributed by atoms with Crippen molar-refractivity contribution >= 4 is 33.3 Å². The lowest BCUT2D eigenvalue weighted by atomic mass is 10.1. The van der Waals surface area contributed by atoms with Crippen LogP contribution < -0.4 is 4.74 Å². The van der Waals surface area contributed by atoms with Gasteiger partial charge in [-0.1, -0.05) is 15.9 Å². The maximum Gasteiger partial charge on any atom is 0.167 e. The monoisotopic (exact) mass is 276 g/mol. The number of alkyl halides is 1. The predicted molar refractivity (Wildman–Crippen MR) is 60.4 cm³/mol. The highest BCUT2D eigenvalue weighted by atomic mass is 79.9. The van der Waals surface area contributed by atoms with Gasteiger partial charge in [0.2, 0.25) is 0 Å². The van der Waals surface area contributed by atoms with Crippen molar-refractivity contribution in [1.82, 2.24) is 0 Å². The quantitative estimate of drug-likeness (QED) is 0.624. The number of methoxy groups -OCH3 is 1. The molecular formula is C10H10BrClO2. The molecule has 0 saturated carbocycles. The Bertz CT molecular complexity index is 339. The van der Waals surface area contributed by atoms with Crippen LogP contribution in [0.2, 0.25) is 0 Å². The molecule has 14 heavy (non-hydrogen) atoms. The molecule has 0 spiro atoms. The molecule has 1 aromatic rings.